The van der Waals surface area contributed by atoms with Gasteiger partial charge in [-0.05, 0) is 36.6 Å². The average Bonchev–Trinajstić information content (AvgIpc) is 2.87. The fraction of sp³-hybridized carbons (Fsp3) is 0.346. The minimum atomic E-state index is -1.31. The third-order valence-corrected chi connectivity index (χ3v) is 5.60. The largest absolute Gasteiger partial charge is 0.508 e. The number of aliphatic carboxylic acids is 2. The Kier molecular flexibility index (Phi) is 11.2. The van der Waals surface area contributed by atoms with Gasteiger partial charge in [0.1, 0.15) is 23.9 Å². The number of hydrogen-bond acceptors (Lipinski definition) is 7. The highest BCUT2D eigenvalue weighted by Crippen LogP contribution is 2.13. The molecule has 204 valence electrons. The van der Waals surface area contributed by atoms with E-state index in [9.17, 15) is 34.2 Å². The molecule has 3 amide bonds. The molecule has 0 saturated carbocycles. The number of carboxylic acids is 2. The van der Waals surface area contributed by atoms with Crippen molar-refractivity contribution in [2.75, 3.05) is 0 Å². The van der Waals surface area contributed by atoms with Crippen molar-refractivity contribution in [2.24, 2.45) is 5.73 Å². The standard InChI is InChI=1S/C26H32N4O8/c1-15(27)23(34)28-19(11-12-22(32)33)24(35)29-20(13-17-7-9-18(31)10-8-17)25(36)30-21(26(37)38)14-16-5-3-2-4-6-16/h2-10,15,19-21,31H,11-14,27H2,1H3,(H,28,34)(H,29,35)(H,30,36)(H,32,33)(H,37,38). The second-order valence-electron chi connectivity index (χ2n) is 8.80. The molecule has 0 aliphatic carbocycles. The van der Waals surface area contributed by atoms with Gasteiger partial charge in [-0.25, -0.2) is 4.79 Å². The zero-order valence-electron chi connectivity index (χ0n) is 20.8. The Morgan fingerprint density at radius 1 is 0.737 bits per heavy atom. The van der Waals surface area contributed by atoms with Crippen molar-refractivity contribution in [3.05, 3.63) is 65.7 Å². The van der Waals surface area contributed by atoms with Crippen LogP contribution in [-0.2, 0) is 36.8 Å². The zero-order chi connectivity index (χ0) is 28.2. The molecule has 38 heavy (non-hydrogen) atoms. The third-order valence-electron chi connectivity index (χ3n) is 5.60. The number of carbonyl (C=O) groups excluding carboxylic acids is 3. The Hall–Kier alpha value is -4.45. The lowest BCUT2D eigenvalue weighted by Gasteiger charge is -2.25. The molecule has 2 rings (SSSR count). The van der Waals surface area contributed by atoms with Crippen LogP contribution in [0.3, 0.4) is 0 Å². The van der Waals surface area contributed by atoms with E-state index in [2.05, 4.69) is 16.0 Å². The smallest absolute Gasteiger partial charge is 0.326 e. The number of nitrogens with two attached hydrogens (primary N) is 1. The van der Waals surface area contributed by atoms with E-state index in [0.29, 0.717) is 11.1 Å². The number of phenolic OH excluding ortho intramolecular Hbond substituents is 1. The molecule has 0 spiro atoms. The number of hydrogen-bond donors (Lipinski definition) is 7. The van der Waals surface area contributed by atoms with Gasteiger partial charge >= 0.3 is 11.9 Å². The first-order valence-corrected chi connectivity index (χ1v) is 11.9. The number of phenols is 1. The van der Waals surface area contributed by atoms with Crippen LogP contribution in [0.25, 0.3) is 0 Å². The summed E-state index contributed by atoms with van der Waals surface area (Å²) in [6, 6.07) is 9.63. The van der Waals surface area contributed by atoms with Crippen LogP contribution < -0.4 is 21.7 Å². The maximum absolute atomic E-state index is 13.2. The molecule has 12 heteroatoms. The molecule has 0 bridgehead atoms. The molecule has 0 fully saturated rings. The van der Waals surface area contributed by atoms with Crippen molar-refractivity contribution in [1.29, 1.82) is 0 Å². The first-order chi connectivity index (χ1) is 18.0. The molecule has 12 nitrogen and oxygen atoms in total. The van der Waals surface area contributed by atoms with Gasteiger partial charge in [0.15, 0.2) is 0 Å². The lowest BCUT2D eigenvalue weighted by atomic mass is 10.0. The Morgan fingerprint density at radius 3 is 1.79 bits per heavy atom. The third kappa shape index (κ3) is 9.90. The normalized spacial score (nSPS) is 13.8. The highest BCUT2D eigenvalue weighted by Gasteiger charge is 2.30. The second kappa shape index (κ2) is 14.3. The van der Waals surface area contributed by atoms with Crippen molar-refractivity contribution < 1.29 is 39.3 Å². The number of carbonyl (C=O) groups is 5. The van der Waals surface area contributed by atoms with Gasteiger partial charge in [0.05, 0.1) is 6.04 Å². The first-order valence-electron chi connectivity index (χ1n) is 11.9. The fourth-order valence-electron chi connectivity index (χ4n) is 3.51. The van der Waals surface area contributed by atoms with E-state index >= 15 is 0 Å². The van der Waals surface area contributed by atoms with Gasteiger partial charge in [0.2, 0.25) is 17.7 Å². The lowest BCUT2D eigenvalue weighted by molar-refractivity contribution is -0.142. The molecule has 0 radical (unpaired) electrons. The quantitative estimate of drug-likeness (QED) is 0.175. The van der Waals surface area contributed by atoms with Gasteiger partial charge in [-0.15, -0.1) is 0 Å². The predicted molar refractivity (Wildman–Crippen MR) is 136 cm³/mol. The molecular weight excluding hydrogens is 496 g/mol. The van der Waals surface area contributed by atoms with E-state index in [4.69, 9.17) is 10.8 Å². The molecule has 0 aromatic heterocycles. The van der Waals surface area contributed by atoms with E-state index in [0.717, 1.165) is 0 Å². The highest BCUT2D eigenvalue weighted by molar-refractivity contribution is 5.94. The predicted octanol–water partition coefficient (Wildman–Crippen LogP) is -0.0716. The van der Waals surface area contributed by atoms with Crippen molar-refractivity contribution in [3.63, 3.8) is 0 Å². The molecule has 0 heterocycles. The summed E-state index contributed by atoms with van der Waals surface area (Å²) in [5.74, 6) is -4.81. The van der Waals surface area contributed by atoms with Gasteiger partial charge in [-0.2, -0.15) is 0 Å². The monoisotopic (exact) mass is 528 g/mol. The summed E-state index contributed by atoms with van der Waals surface area (Å²) in [5, 5.41) is 35.6. The van der Waals surface area contributed by atoms with Crippen LogP contribution in [0.4, 0.5) is 0 Å². The molecule has 0 saturated heterocycles. The topological polar surface area (TPSA) is 208 Å². The summed E-state index contributed by atoms with van der Waals surface area (Å²) >= 11 is 0. The number of amides is 3. The highest BCUT2D eigenvalue weighted by atomic mass is 16.4. The van der Waals surface area contributed by atoms with Crippen LogP contribution in [0, 0.1) is 0 Å². The molecule has 4 atom stereocenters. The van der Waals surface area contributed by atoms with E-state index < -0.39 is 60.2 Å². The second-order valence-corrected chi connectivity index (χ2v) is 8.80. The minimum absolute atomic E-state index is 0.00648. The summed E-state index contributed by atoms with van der Waals surface area (Å²) in [6.07, 6.45) is -0.793. The van der Waals surface area contributed by atoms with Crippen molar-refractivity contribution in [1.82, 2.24) is 16.0 Å². The van der Waals surface area contributed by atoms with Crippen LogP contribution in [0.2, 0.25) is 0 Å². The van der Waals surface area contributed by atoms with E-state index in [1.807, 2.05) is 0 Å². The van der Waals surface area contributed by atoms with Crippen molar-refractivity contribution >= 4 is 29.7 Å². The Labute approximate surface area is 219 Å². The summed E-state index contributed by atoms with van der Waals surface area (Å²) in [5.41, 5.74) is 6.76. The number of nitrogens with one attached hydrogen (secondary N) is 3. The summed E-state index contributed by atoms with van der Waals surface area (Å²) in [6.45, 7) is 1.39. The number of benzene rings is 2. The van der Waals surface area contributed by atoms with Crippen molar-refractivity contribution in [2.45, 2.75) is 56.8 Å². The average molecular weight is 529 g/mol. The SMILES string of the molecule is CC(N)C(=O)NC(CCC(=O)O)C(=O)NC(Cc1ccc(O)cc1)C(=O)NC(Cc1ccccc1)C(=O)O. The molecule has 0 aliphatic rings. The van der Waals surface area contributed by atoms with Gasteiger partial charge in [0, 0.05) is 19.3 Å². The molecule has 2 aromatic carbocycles. The van der Waals surface area contributed by atoms with Gasteiger partial charge < -0.3 is 37.0 Å². The number of carboxylic acid groups (broad SMARTS) is 2. The lowest BCUT2D eigenvalue weighted by Crippen LogP contribution is -2.57. The van der Waals surface area contributed by atoms with Crippen LogP contribution in [0.1, 0.15) is 30.9 Å². The number of rotatable bonds is 14. The maximum Gasteiger partial charge on any atom is 0.326 e. The van der Waals surface area contributed by atoms with Crippen LogP contribution in [0.15, 0.2) is 54.6 Å². The van der Waals surface area contributed by atoms with Gasteiger partial charge in [0.25, 0.3) is 0 Å². The summed E-state index contributed by atoms with van der Waals surface area (Å²) < 4.78 is 0. The number of aromatic hydroxyl groups is 1. The van der Waals surface area contributed by atoms with E-state index in [1.54, 1.807) is 30.3 Å². The Balaban J connectivity index is 2.27. The van der Waals surface area contributed by atoms with Crippen LogP contribution in [-0.4, -0.2) is 69.1 Å². The summed E-state index contributed by atoms with van der Waals surface area (Å²) in [4.78, 5) is 61.4. The Morgan fingerprint density at radius 2 is 1.24 bits per heavy atom. The Bertz CT molecular complexity index is 1120. The van der Waals surface area contributed by atoms with Crippen LogP contribution >= 0.6 is 0 Å². The zero-order valence-corrected chi connectivity index (χ0v) is 20.8. The van der Waals surface area contributed by atoms with Gasteiger partial charge in [-0.1, -0.05) is 42.5 Å². The maximum atomic E-state index is 13.2. The van der Waals surface area contributed by atoms with Crippen molar-refractivity contribution in [3.8, 4) is 5.75 Å². The molecule has 4 unspecified atom stereocenters. The molecule has 8 N–H and O–H groups in total. The fourth-order valence-corrected chi connectivity index (χ4v) is 3.51. The van der Waals surface area contributed by atoms with Crippen LogP contribution in [0.5, 0.6) is 5.75 Å². The van der Waals surface area contributed by atoms with E-state index in [1.165, 1.54) is 31.2 Å². The van der Waals surface area contributed by atoms with Gasteiger partial charge in [-0.3, -0.25) is 19.2 Å². The summed E-state index contributed by atoms with van der Waals surface area (Å²) in [7, 11) is 0. The first kappa shape index (κ1) is 29.8. The minimum Gasteiger partial charge on any atom is -0.508 e. The molecular formula is C26H32N4O8. The molecule has 2 aromatic rings. The van der Waals surface area contributed by atoms with E-state index in [-0.39, 0.29) is 25.0 Å². The molecule has 0 aliphatic heterocycles.